The fourth-order valence-electron chi connectivity index (χ4n) is 1.48. The molecule has 0 fully saturated rings. The second kappa shape index (κ2) is 7.16. The lowest BCUT2D eigenvalue weighted by Gasteiger charge is -2.17. The van der Waals surface area contributed by atoms with Crippen molar-refractivity contribution in [2.75, 3.05) is 19.3 Å². The number of rotatable bonds is 7. The minimum Gasteiger partial charge on any atom is -0.351 e. The third-order valence-corrected chi connectivity index (χ3v) is 3.74. The van der Waals surface area contributed by atoms with Gasteiger partial charge in [0.2, 0.25) is 15.9 Å². The second-order valence-electron chi connectivity index (χ2n) is 4.25. The molecule has 0 aliphatic rings. The van der Waals surface area contributed by atoms with Gasteiger partial charge in [-0.2, -0.15) is 4.31 Å². The molecule has 1 N–H and O–H groups in total. The summed E-state index contributed by atoms with van der Waals surface area (Å²) in [7, 11) is -3.46. The predicted molar refractivity (Wildman–Crippen MR) is 74.9 cm³/mol. The van der Waals surface area contributed by atoms with Gasteiger partial charge in [-0.1, -0.05) is 18.2 Å². The van der Waals surface area contributed by atoms with E-state index >= 15 is 0 Å². The standard InChI is InChI=1S/C13H17FN2O3S/c1-3-8-16(20(2,18)19)10-13(17)15-9-11-4-6-12(14)7-5-11/h3-7H,1,8-10H2,2H3,(H,15,17). The number of hydrogen-bond acceptors (Lipinski definition) is 3. The van der Waals surface area contributed by atoms with Crippen molar-refractivity contribution in [3.63, 3.8) is 0 Å². The van der Waals surface area contributed by atoms with Crippen molar-refractivity contribution in [1.82, 2.24) is 9.62 Å². The molecule has 1 rings (SSSR count). The fraction of sp³-hybridized carbons (Fsp3) is 0.308. The minimum atomic E-state index is -3.46. The Labute approximate surface area is 118 Å². The summed E-state index contributed by atoms with van der Waals surface area (Å²) >= 11 is 0. The molecule has 1 aromatic rings. The molecule has 20 heavy (non-hydrogen) atoms. The van der Waals surface area contributed by atoms with Crippen LogP contribution in [0.3, 0.4) is 0 Å². The normalized spacial score (nSPS) is 11.3. The summed E-state index contributed by atoms with van der Waals surface area (Å²) in [6, 6.07) is 5.69. The number of benzene rings is 1. The zero-order valence-electron chi connectivity index (χ0n) is 11.2. The van der Waals surface area contributed by atoms with Crippen LogP contribution in [-0.2, 0) is 21.4 Å². The predicted octanol–water partition coefficient (Wildman–Crippen LogP) is 0.889. The highest BCUT2D eigenvalue weighted by Crippen LogP contribution is 2.02. The lowest BCUT2D eigenvalue weighted by atomic mass is 10.2. The average Bonchev–Trinajstić information content (AvgIpc) is 2.36. The average molecular weight is 300 g/mol. The maximum Gasteiger partial charge on any atom is 0.235 e. The van der Waals surface area contributed by atoms with Crippen molar-refractivity contribution in [3.8, 4) is 0 Å². The molecular formula is C13H17FN2O3S. The molecule has 110 valence electrons. The SMILES string of the molecule is C=CCN(CC(=O)NCc1ccc(F)cc1)S(C)(=O)=O. The zero-order valence-corrected chi connectivity index (χ0v) is 12.0. The number of nitrogens with one attached hydrogen (secondary N) is 1. The molecule has 1 amide bonds. The van der Waals surface area contributed by atoms with Crippen LogP contribution >= 0.6 is 0 Å². The third kappa shape index (κ3) is 5.50. The summed E-state index contributed by atoms with van der Waals surface area (Å²) in [5.41, 5.74) is 0.731. The summed E-state index contributed by atoms with van der Waals surface area (Å²) < 4.78 is 36.6. The van der Waals surface area contributed by atoms with E-state index in [1.54, 1.807) is 12.1 Å². The summed E-state index contributed by atoms with van der Waals surface area (Å²) in [4.78, 5) is 11.7. The van der Waals surface area contributed by atoms with Gasteiger partial charge in [-0.3, -0.25) is 4.79 Å². The van der Waals surface area contributed by atoms with E-state index in [0.29, 0.717) is 0 Å². The van der Waals surface area contributed by atoms with E-state index in [4.69, 9.17) is 0 Å². The molecule has 0 heterocycles. The van der Waals surface area contributed by atoms with E-state index in [9.17, 15) is 17.6 Å². The van der Waals surface area contributed by atoms with Crippen LogP contribution in [0.1, 0.15) is 5.56 Å². The van der Waals surface area contributed by atoms with Crippen LogP contribution in [0.4, 0.5) is 4.39 Å². The Hall–Kier alpha value is -1.73. The second-order valence-corrected chi connectivity index (χ2v) is 6.23. The van der Waals surface area contributed by atoms with Crippen LogP contribution < -0.4 is 5.32 Å². The number of sulfonamides is 1. The molecule has 0 atom stereocenters. The molecule has 0 aliphatic heterocycles. The maximum absolute atomic E-state index is 12.7. The fourth-order valence-corrected chi connectivity index (χ4v) is 2.21. The first-order chi connectivity index (χ1) is 9.32. The van der Waals surface area contributed by atoms with Gasteiger partial charge in [0.05, 0.1) is 12.8 Å². The van der Waals surface area contributed by atoms with Gasteiger partial charge >= 0.3 is 0 Å². The molecule has 0 aromatic heterocycles. The molecule has 0 aliphatic carbocycles. The summed E-state index contributed by atoms with van der Waals surface area (Å²) in [5.74, 6) is -0.782. The lowest BCUT2D eigenvalue weighted by molar-refractivity contribution is -0.121. The Morgan fingerprint density at radius 3 is 2.50 bits per heavy atom. The van der Waals surface area contributed by atoms with Crippen molar-refractivity contribution >= 4 is 15.9 Å². The van der Waals surface area contributed by atoms with Gasteiger partial charge in [-0.05, 0) is 17.7 Å². The topological polar surface area (TPSA) is 66.5 Å². The first-order valence-corrected chi connectivity index (χ1v) is 7.75. The third-order valence-electron chi connectivity index (χ3n) is 2.52. The van der Waals surface area contributed by atoms with E-state index in [1.807, 2.05) is 0 Å². The number of carbonyl (C=O) groups is 1. The molecule has 0 spiro atoms. The van der Waals surface area contributed by atoms with Gasteiger partial charge in [0.25, 0.3) is 0 Å². The van der Waals surface area contributed by atoms with Crippen molar-refractivity contribution in [1.29, 1.82) is 0 Å². The van der Waals surface area contributed by atoms with Crippen molar-refractivity contribution in [3.05, 3.63) is 48.3 Å². The Morgan fingerprint density at radius 1 is 1.40 bits per heavy atom. The Balaban J connectivity index is 2.54. The van der Waals surface area contributed by atoms with Gasteiger partial charge in [-0.25, -0.2) is 12.8 Å². The van der Waals surface area contributed by atoms with Gasteiger partial charge in [0.1, 0.15) is 5.82 Å². The van der Waals surface area contributed by atoms with Crippen LogP contribution in [0.5, 0.6) is 0 Å². The molecule has 7 heteroatoms. The Morgan fingerprint density at radius 2 is 2.00 bits per heavy atom. The van der Waals surface area contributed by atoms with Crippen molar-refractivity contribution in [2.45, 2.75) is 6.54 Å². The van der Waals surface area contributed by atoms with E-state index in [2.05, 4.69) is 11.9 Å². The van der Waals surface area contributed by atoms with E-state index in [0.717, 1.165) is 16.1 Å². The zero-order chi connectivity index (χ0) is 15.2. The highest BCUT2D eigenvalue weighted by atomic mass is 32.2. The van der Waals surface area contributed by atoms with E-state index in [-0.39, 0.29) is 25.5 Å². The van der Waals surface area contributed by atoms with Crippen LogP contribution in [0.2, 0.25) is 0 Å². The van der Waals surface area contributed by atoms with Gasteiger partial charge in [0, 0.05) is 13.1 Å². The lowest BCUT2D eigenvalue weighted by Crippen LogP contribution is -2.40. The molecule has 5 nitrogen and oxygen atoms in total. The summed E-state index contributed by atoms with van der Waals surface area (Å²) in [5, 5.41) is 2.58. The number of amides is 1. The molecular weight excluding hydrogens is 283 g/mol. The number of carbonyl (C=O) groups excluding carboxylic acids is 1. The monoisotopic (exact) mass is 300 g/mol. The van der Waals surface area contributed by atoms with Crippen molar-refractivity contribution in [2.24, 2.45) is 0 Å². The molecule has 0 radical (unpaired) electrons. The van der Waals surface area contributed by atoms with Gasteiger partial charge < -0.3 is 5.32 Å². The van der Waals surface area contributed by atoms with Crippen LogP contribution in [0.15, 0.2) is 36.9 Å². The first-order valence-electron chi connectivity index (χ1n) is 5.90. The first kappa shape index (κ1) is 16.3. The maximum atomic E-state index is 12.7. The largest absolute Gasteiger partial charge is 0.351 e. The number of nitrogens with zero attached hydrogens (tertiary/aromatic N) is 1. The molecule has 0 saturated heterocycles. The van der Waals surface area contributed by atoms with Crippen LogP contribution in [-0.4, -0.2) is 38.0 Å². The highest BCUT2D eigenvalue weighted by Gasteiger charge is 2.18. The summed E-state index contributed by atoms with van der Waals surface area (Å²) in [6.45, 7) is 3.46. The van der Waals surface area contributed by atoms with Gasteiger partial charge in [0.15, 0.2) is 0 Å². The number of hydrogen-bond donors (Lipinski definition) is 1. The Bertz CT molecular complexity index is 570. The van der Waals surface area contributed by atoms with E-state index in [1.165, 1.54) is 18.2 Å². The Kier molecular flexibility index (Phi) is 5.84. The number of halogens is 1. The van der Waals surface area contributed by atoms with Crippen LogP contribution in [0, 0.1) is 5.82 Å². The van der Waals surface area contributed by atoms with Crippen molar-refractivity contribution < 1.29 is 17.6 Å². The van der Waals surface area contributed by atoms with Crippen LogP contribution in [0.25, 0.3) is 0 Å². The summed E-state index contributed by atoms with van der Waals surface area (Å²) in [6.07, 6.45) is 2.44. The molecule has 0 saturated carbocycles. The highest BCUT2D eigenvalue weighted by molar-refractivity contribution is 7.88. The smallest absolute Gasteiger partial charge is 0.235 e. The quantitative estimate of drug-likeness (QED) is 0.761. The minimum absolute atomic E-state index is 0.0722. The molecule has 0 bridgehead atoms. The van der Waals surface area contributed by atoms with Gasteiger partial charge in [-0.15, -0.1) is 6.58 Å². The molecule has 0 unspecified atom stereocenters. The molecule has 1 aromatic carbocycles. The van der Waals surface area contributed by atoms with E-state index < -0.39 is 15.9 Å².